The second-order valence-electron chi connectivity index (χ2n) is 10.8. The van der Waals surface area contributed by atoms with Crippen molar-refractivity contribution in [1.29, 1.82) is 0 Å². The highest BCUT2D eigenvalue weighted by molar-refractivity contribution is 6.23. The molecule has 11 aromatic rings. The van der Waals surface area contributed by atoms with Gasteiger partial charge in [0.2, 0.25) is 5.95 Å². The van der Waals surface area contributed by atoms with Gasteiger partial charge >= 0.3 is 0 Å². The van der Waals surface area contributed by atoms with Crippen molar-refractivity contribution in [3.05, 3.63) is 163 Å². The summed E-state index contributed by atoms with van der Waals surface area (Å²) in [6.45, 7) is 0. The highest BCUT2D eigenvalue weighted by Crippen LogP contribution is 2.42. The first-order valence-corrected chi connectivity index (χ1v) is 14.8. The van der Waals surface area contributed by atoms with E-state index in [2.05, 4.69) is 15.0 Å². The molecule has 51 heavy (non-hydrogen) atoms. The average molecular weight is 681 g/mol. The Morgan fingerprint density at radius 1 is 0.412 bits per heavy atom. The van der Waals surface area contributed by atoms with Gasteiger partial charge in [0.25, 0.3) is 0 Å². The maximum absolute atomic E-state index is 9.77. The number of hydrogen-bond donors (Lipinski definition) is 0. The number of para-hydroxylation sites is 3. The molecule has 238 valence electrons. The third kappa shape index (κ3) is 4.14. The van der Waals surface area contributed by atoms with E-state index in [0.29, 0.717) is 0 Å². The lowest BCUT2D eigenvalue weighted by Crippen LogP contribution is -2.07. The van der Waals surface area contributed by atoms with E-state index in [-0.39, 0.29) is 0 Å². The summed E-state index contributed by atoms with van der Waals surface area (Å²) in [6, 6.07) is -23.7. The second-order valence-corrected chi connectivity index (χ2v) is 10.8. The molecule has 0 radical (unpaired) electrons. The maximum Gasteiger partial charge on any atom is 0.238 e. The van der Waals surface area contributed by atoms with Crippen molar-refractivity contribution in [3.8, 4) is 34.4 Å². The van der Waals surface area contributed by atoms with Crippen LogP contribution >= 0.6 is 0 Å². The van der Waals surface area contributed by atoms with Crippen molar-refractivity contribution < 1.29 is 41.4 Å². The predicted octanol–water partition coefficient (Wildman–Crippen LogP) is 11.3. The lowest BCUT2D eigenvalue weighted by Gasteiger charge is -2.13. The quantitative estimate of drug-likeness (QED) is 0.186. The molecular formula is C45H27N5O. The van der Waals surface area contributed by atoms with E-state index in [1.165, 1.54) is 0 Å². The lowest BCUT2D eigenvalue weighted by molar-refractivity contribution is 0.668. The summed E-state index contributed by atoms with van der Waals surface area (Å²) in [7, 11) is 0. The van der Waals surface area contributed by atoms with Crippen molar-refractivity contribution in [2.75, 3.05) is 0 Å². The van der Waals surface area contributed by atoms with Crippen molar-refractivity contribution in [1.82, 2.24) is 24.1 Å². The van der Waals surface area contributed by atoms with Gasteiger partial charge in [-0.1, -0.05) is 127 Å². The van der Waals surface area contributed by atoms with Crippen molar-refractivity contribution in [2.45, 2.75) is 0 Å². The Labute approximate surface area is 329 Å². The molecule has 0 atom stereocenters. The van der Waals surface area contributed by atoms with Gasteiger partial charge in [-0.05, 0) is 30.2 Å². The van der Waals surface area contributed by atoms with Gasteiger partial charge in [0.15, 0.2) is 11.6 Å². The summed E-state index contributed by atoms with van der Waals surface area (Å²) in [5.74, 6) is -2.64. The minimum absolute atomic E-state index is 0.392. The summed E-state index contributed by atoms with van der Waals surface area (Å²) < 4.78 is 249. The Bertz CT molecular complexity index is 4570. The van der Waals surface area contributed by atoms with Crippen LogP contribution in [0.2, 0.25) is 0 Å². The highest BCUT2D eigenvalue weighted by atomic mass is 16.3. The topological polar surface area (TPSA) is 61.7 Å². The first kappa shape index (κ1) is 12.4. The molecule has 0 saturated carbocycles. The van der Waals surface area contributed by atoms with Gasteiger partial charge in [-0.2, -0.15) is 9.97 Å². The number of aromatic nitrogens is 5. The van der Waals surface area contributed by atoms with Gasteiger partial charge in [-0.15, -0.1) is 0 Å². The van der Waals surface area contributed by atoms with E-state index in [1.807, 2.05) is 0 Å². The lowest BCUT2D eigenvalue weighted by atomic mass is 10.1. The molecule has 0 amide bonds. The Balaban J connectivity index is 1.48. The maximum atomic E-state index is 9.77. The molecule has 0 aliphatic heterocycles. The van der Waals surface area contributed by atoms with E-state index in [9.17, 15) is 12.3 Å². The molecule has 4 heterocycles. The molecule has 0 N–H and O–H groups in total. The zero-order chi connectivity index (χ0) is 57.0. The molecule has 0 unspecified atom stereocenters. The van der Waals surface area contributed by atoms with E-state index in [4.69, 9.17) is 29.1 Å². The minimum Gasteiger partial charge on any atom is -0.456 e. The van der Waals surface area contributed by atoms with Gasteiger partial charge in [0, 0.05) is 49.5 Å². The van der Waals surface area contributed by atoms with Crippen LogP contribution < -0.4 is 0 Å². The van der Waals surface area contributed by atoms with Crippen molar-refractivity contribution in [3.63, 3.8) is 0 Å². The number of benzene rings is 7. The smallest absolute Gasteiger partial charge is 0.238 e. The Morgan fingerprint density at radius 3 is 1.55 bits per heavy atom. The summed E-state index contributed by atoms with van der Waals surface area (Å²) in [5, 5.41) is -3.12. The third-order valence-corrected chi connectivity index (χ3v) is 8.11. The number of furan rings is 1. The molecule has 6 nitrogen and oxygen atoms in total. The number of nitrogens with zero attached hydrogens (tertiary/aromatic N) is 5. The standard InChI is InChI=1S/C45H27N5O/c1-3-13-28(14-4-1)43-46-44(29-15-5-2-6-16-29)48-45(47-43)50-38-21-11-8-18-32(38)36-26-25-35-31-17-7-10-20-37(31)49(41(35)42(36)50)30-23-24-34-33-19-9-12-22-39(33)51-40(34)27-30/h1-27H/i1D,2D,3D,4D,5D,6D,7D,8D,9D,10D,11D,12D,13D,14D,15D,16D,17D,18D,19D,20D,21D,22D,23D,24D,25D,26D,27D. The molecule has 0 saturated heterocycles. The molecule has 0 spiro atoms. The highest BCUT2D eigenvalue weighted by Gasteiger charge is 2.23. The van der Waals surface area contributed by atoms with Crippen LogP contribution in [0.4, 0.5) is 0 Å². The Kier molecular flexibility index (Phi) is 2.60. The Morgan fingerprint density at radius 2 is 0.902 bits per heavy atom. The molecule has 0 bridgehead atoms. The number of rotatable bonds is 4. The van der Waals surface area contributed by atoms with Crippen molar-refractivity contribution in [2.24, 2.45) is 0 Å². The van der Waals surface area contributed by atoms with E-state index < -0.39 is 263 Å². The van der Waals surface area contributed by atoms with Gasteiger partial charge in [-0.3, -0.25) is 4.57 Å². The first-order chi connectivity index (χ1) is 36.5. The van der Waals surface area contributed by atoms with Gasteiger partial charge < -0.3 is 8.98 Å². The average Bonchev–Trinajstić information content (AvgIpc) is 4.29. The molecule has 0 aliphatic rings. The van der Waals surface area contributed by atoms with Gasteiger partial charge in [-0.25, -0.2) is 4.98 Å². The van der Waals surface area contributed by atoms with Crippen LogP contribution in [0, 0.1) is 0 Å². The van der Waals surface area contributed by atoms with Crippen LogP contribution in [0.3, 0.4) is 0 Å². The van der Waals surface area contributed by atoms with Crippen molar-refractivity contribution >= 4 is 65.6 Å². The molecule has 11 rings (SSSR count). The molecule has 7 aromatic carbocycles. The monoisotopic (exact) mass is 680 g/mol. The van der Waals surface area contributed by atoms with Crippen LogP contribution in [0.25, 0.3) is 100.0 Å². The zero-order valence-electron chi connectivity index (χ0n) is 52.1. The normalized spacial score (nSPS) is 19.3. The molecule has 6 heteroatoms. The summed E-state index contributed by atoms with van der Waals surface area (Å²) >= 11 is 0. The van der Waals surface area contributed by atoms with Crippen LogP contribution in [0.15, 0.2) is 168 Å². The van der Waals surface area contributed by atoms with E-state index in [0.717, 1.165) is 9.13 Å². The fraction of sp³-hybridized carbons (Fsp3) is 0. The first-order valence-electron chi connectivity index (χ1n) is 28.3. The number of fused-ring (bicyclic) bond motifs is 10. The summed E-state index contributed by atoms with van der Waals surface area (Å²) in [5.41, 5.74) is -6.00. The SMILES string of the molecule is [2H]c1c([2H])c([2H])c(-c2nc(-c3c([2H])c([2H])c([2H])c([2H])c3[2H])nc(-n3c4c([2H])c([2H])c([2H])c([2H])c4c4c([2H])c([2H])c5c6c([2H])c([2H])c([2H])c([2H])c6n(-c6c([2H])c([2H])c7c(oc8c([2H])c([2H])c([2H])c([2H])c87)c6[2H])c5c43)n2)c([2H])c1[2H]. The van der Waals surface area contributed by atoms with E-state index in [1.54, 1.807) is 0 Å². The Hall–Kier alpha value is -7.05. The van der Waals surface area contributed by atoms with E-state index >= 15 is 0 Å². The van der Waals surface area contributed by atoms with Crippen LogP contribution in [0.5, 0.6) is 0 Å². The molecule has 0 aliphatic carbocycles. The molecule has 4 aromatic heterocycles. The minimum atomic E-state index is -0.956. The molecular weight excluding hydrogens is 627 g/mol. The molecule has 0 fully saturated rings. The summed E-state index contributed by atoms with van der Waals surface area (Å²) in [4.78, 5) is 13.3. The predicted molar refractivity (Wildman–Crippen MR) is 207 cm³/mol. The summed E-state index contributed by atoms with van der Waals surface area (Å²) in [6.07, 6.45) is 0. The van der Waals surface area contributed by atoms with Gasteiger partial charge in [0.05, 0.1) is 64.8 Å². The zero-order valence-corrected chi connectivity index (χ0v) is 25.1. The second kappa shape index (κ2) is 10.7. The van der Waals surface area contributed by atoms with Crippen LogP contribution in [0.1, 0.15) is 37.0 Å². The third-order valence-electron chi connectivity index (χ3n) is 8.11. The van der Waals surface area contributed by atoms with Gasteiger partial charge in [0.1, 0.15) is 11.2 Å². The number of hydrogen-bond acceptors (Lipinski definition) is 4. The fourth-order valence-electron chi connectivity index (χ4n) is 6.05. The van der Waals surface area contributed by atoms with Crippen LogP contribution in [-0.4, -0.2) is 24.1 Å². The van der Waals surface area contributed by atoms with Crippen LogP contribution in [-0.2, 0) is 0 Å². The largest absolute Gasteiger partial charge is 0.456 e. The fourth-order valence-corrected chi connectivity index (χ4v) is 6.05.